The molecule has 1 aromatic carbocycles. The average molecular weight is 404 g/mol. The number of thiocarbonyl (C=S) groups is 1. The zero-order valence-corrected chi connectivity index (χ0v) is 16.7. The number of hydrogen-bond acceptors (Lipinski definition) is 5. The Morgan fingerprint density at radius 2 is 1.86 bits per heavy atom. The van der Waals surface area contributed by atoms with Crippen LogP contribution in [0.1, 0.15) is 44.9 Å². The summed E-state index contributed by atoms with van der Waals surface area (Å²) in [4.78, 5) is 23.1. The molecular weight excluding hydrogens is 378 g/mol. The van der Waals surface area contributed by atoms with E-state index in [1.807, 2.05) is 0 Å². The van der Waals surface area contributed by atoms with E-state index in [1.54, 1.807) is 0 Å². The first kappa shape index (κ1) is 19.1. The molecule has 28 heavy (non-hydrogen) atoms. The molecule has 0 heterocycles. The average Bonchev–Trinajstić information content (AvgIpc) is 2.59. The lowest BCUT2D eigenvalue weighted by atomic mass is 9.49. The maximum Gasteiger partial charge on any atom is 0.273 e. The highest BCUT2D eigenvalue weighted by molar-refractivity contribution is 7.80. The van der Waals surface area contributed by atoms with E-state index in [0.29, 0.717) is 17.9 Å². The highest BCUT2D eigenvalue weighted by atomic mass is 32.1. The van der Waals surface area contributed by atoms with Crippen molar-refractivity contribution in [2.45, 2.75) is 44.9 Å². The minimum absolute atomic E-state index is 0.0553. The van der Waals surface area contributed by atoms with E-state index in [-0.39, 0.29) is 22.1 Å². The Kier molecular flexibility index (Phi) is 4.99. The fraction of sp³-hybridized carbons (Fsp3) is 0.600. The van der Waals surface area contributed by atoms with Gasteiger partial charge in [-0.25, -0.2) is 0 Å². The number of carbonyl (C=O) groups is 1. The second kappa shape index (κ2) is 7.31. The Morgan fingerprint density at radius 1 is 1.25 bits per heavy atom. The molecule has 4 aliphatic rings. The fourth-order valence-electron chi connectivity index (χ4n) is 6.07. The zero-order chi connectivity index (χ0) is 19.9. The first-order valence-electron chi connectivity index (χ1n) is 9.79. The molecule has 0 spiro atoms. The zero-order valence-electron chi connectivity index (χ0n) is 15.9. The van der Waals surface area contributed by atoms with E-state index in [2.05, 4.69) is 10.6 Å². The highest BCUT2D eigenvalue weighted by Gasteiger charge is 2.51. The van der Waals surface area contributed by atoms with Gasteiger partial charge in [-0.1, -0.05) is 0 Å². The van der Waals surface area contributed by atoms with Gasteiger partial charge in [0.15, 0.2) is 5.11 Å². The van der Waals surface area contributed by atoms with Gasteiger partial charge in [0.05, 0.1) is 23.8 Å². The summed E-state index contributed by atoms with van der Waals surface area (Å²) in [6, 6.07) is 4.21. The second-order valence-corrected chi connectivity index (χ2v) is 9.15. The van der Waals surface area contributed by atoms with E-state index in [1.165, 1.54) is 63.8 Å². The summed E-state index contributed by atoms with van der Waals surface area (Å²) in [5.41, 5.74) is 0.562. The normalized spacial score (nSPS) is 30.0. The van der Waals surface area contributed by atoms with Gasteiger partial charge >= 0.3 is 0 Å². The van der Waals surface area contributed by atoms with E-state index in [4.69, 9.17) is 17.0 Å². The lowest BCUT2D eigenvalue weighted by Crippen LogP contribution is -2.48. The van der Waals surface area contributed by atoms with Crippen molar-refractivity contribution >= 4 is 34.6 Å². The van der Waals surface area contributed by atoms with Crippen molar-refractivity contribution < 1.29 is 14.5 Å². The van der Waals surface area contributed by atoms with Gasteiger partial charge in [-0.2, -0.15) is 0 Å². The molecule has 0 atom stereocenters. The molecule has 5 rings (SSSR count). The summed E-state index contributed by atoms with van der Waals surface area (Å²) in [5.74, 6) is 2.64. The van der Waals surface area contributed by atoms with Crippen molar-refractivity contribution in [1.29, 1.82) is 0 Å². The van der Waals surface area contributed by atoms with Gasteiger partial charge in [0.2, 0.25) is 5.91 Å². The molecule has 7 nitrogen and oxygen atoms in total. The van der Waals surface area contributed by atoms with Gasteiger partial charge in [0.25, 0.3) is 5.69 Å². The molecule has 4 bridgehead atoms. The smallest absolute Gasteiger partial charge is 0.273 e. The molecule has 0 aromatic heterocycles. The summed E-state index contributed by atoms with van der Waals surface area (Å²) in [5, 5.41) is 16.8. The number of nitro benzene ring substituents is 1. The Bertz CT molecular complexity index is 790. The first-order valence-corrected chi connectivity index (χ1v) is 10.2. The van der Waals surface area contributed by atoms with Gasteiger partial charge in [-0.15, -0.1) is 0 Å². The summed E-state index contributed by atoms with van der Waals surface area (Å²) in [6.07, 6.45) is 8.08. The van der Waals surface area contributed by atoms with Crippen LogP contribution in [0.15, 0.2) is 18.2 Å². The van der Waals surface area contributed by atoms with Crippen molar-refractivity contribution in [3.63, 3.8) is 0 Å². The number of nitro groups is 1. The number of nitrogens with zero attached hydrogens (tertiary/aromatic N) is 1. The fourth-order valence-corrected chi connectivity index (χ4v) is 6.29. The number of methoxy groups -OCH3 is 1. The van der Waals surface area contributed by atoms with Crippen LogP contribution in [-0.2, 0) is 4.79 Å². The van der Waals surface area contributed by atoms with Crippen LogP contribution >= 0.6 is 12.2 Å². The molecule has 4 aliphatic carbocycles. The number of carbonyl (C=O) groups excluding carboxylic acids is 1. The van der Waals surface area contributed by atoms with Crippen LogP contribution in [0, 0.1) is 33.3 Å². The van der Waals surface area contributed by atoms with E-state index >= 15 is 0 Å². The lowest BCUT2D eigenvalue weighted by molar-refractivity contribution is -0.384. The predicted molar refractivity (Wildman–Crippen MR) is 109 cm³/mol. The highest BCUT2D eigenvalue weighted by Crippen LogP contribution is 2.61. The molecule has 0 saturated heterocycles. The van der Waals surface area contributed by atoms with Crippen molar-refractivity contribution in [3.05, 3.63) is 28.3 Å². The van der Waals surface area contributed by atoms with Crippen LogP contribution in [0.5, 0.6) is 5.75 Å². The third kappa shape index (κ3) is 3.83. The Labute approximate surface area is 169 Å². The topological polar surface area (TPSA) is 93.5 Å². The quantitative estimate of drug-likeness (QED) is 0.438. The number of nitrogens with one attached hydrogen (secondary N) is 2. The number of benzene rings is 1. The van der Waals surface area contributed by atoms with Gasteiger partial charge in [0, 0.05) is 12.5 Å². The third-order valence-corrected chi connectivity index (χ3v) is 6.80. The minimum Gasteiger partial charge on any atom is -0.494 e. The lowest BCUT2D eigenvalue weighted by Gasteiger charge is -2.56. The Morgan fingerprint density at radius 3 is 2.39 bits per heavy atom. The molecule has 4 fully saturated rings. The summed E-state index contributed by atoms with van der Waals surface area (Å²) >= 11 is 5.28. The van der Waals surface area contributed by atoms with Crippen molar-refractivity contribution in [2.24, 2.45) is 23.2 Å². The third-order valence-electron chi connectivity index (χ3n) is 6.60. The molecule has 0 unspecified atom stereocenters. The van der Waals surface area contributed by atoms with Gasteiger partial charge in [0.1, 0.15) is 5.75 Å². The van der Waals surface area contributed by atoms with Crippen molar-refractivity contribution in [1.82, 2.24) is 5.32 Å². The van der Waals surface area contributed by atoms with Gasteiger partial charge in [-0.05, 0) is 80.0 Å². The van der Waals surface area contributed by atoms with Crippen LogP contribution in [0.4, 0.5) is 11.4 Å². The van der Waals surface area contributed by atoms with E-state index < -0.39 is 4.92 Å². The number of ether oxygens (including phenoxy) is 1. The van der Waals surface area contributed by atoms with Crippen molar-refractivity contribution in [2.75, 3.05) is 12.4 Å². The molecule has 8 heteroatoms. The molecular formula is C20H25N3O4S. The first-order chi connectivity index (χ1) is 13.4. The molecule has 0 radical (unpaired) electrons. The summed E-state index contributed by atoms with van der Waals surface area (Å²) < 4.78 is 5.19. The molecule has 2 N–H and O–H groups in total. The number of hydrogen-bond donors (Lipinski definition) is 2. The number of rotatable bonds is 5. The largest absolute Gasteiger partial charge is 0.494 e. The van der Waals surface area contributed by atoms with Crippen LogP contribution < -0.4 is 15.4 Å². The van der Waals surface area contributed by atoms with Gasteiger partial charge < -0.3 is 15.4 Å². The van der Waals surface area contributed by atoms with Crippen molar-refractivity contribution in [3.8, 4) is 5.75 Å². The minimum atomic E-state index is -0.488. The van der Waals surface area contributed by atoms with Crippen LogP contribution in [-0.4, -0.2) is 23.1 Å². The molecule has 150 valence electrons. The molecule has 1 aromatic rings. The predicted octanol–water partition coefficient (Wildman–Crippen LogP) is 4.02. The summed E-state index contributed by atoms with van der Waals surface area (Å²) in [6.45, 7) is 0. The van der Waals surface area contributed by atoms with Crippen LogP contribution in [0.3, 0.4) is 0 Å². The maximum absolute atomic E-state index is 12.7. The number of amides is 1. The number of anilines is 1. The van der Waals surface area contributed by atoms with Crippen LogP contribution in [0.2, 0.25) is 0 Å². The Balaban J connectivity index is 1.36. The molecule has 4 saturated carbocycles. The second-order valence-electron chi connectivity index (χ2n) is 8.74. The van der Waals surface area contributed by atoms with E-state index in [9.17, 15) is 14.9 Å². The molecule has 1 amide bonds. The maximum atomic E-state index is 12.7. The number of non-ortho nitro benzene ring substituents is 1. The SMILES string of the molecule is COc1cc([N+](=O)[O-])ccc1NC(=S)NC(=O)CC12CC3CC(CC(C3)C1)C2. The van der Waals surface area contributed by atoms with Gasteiger partial charge in [-0.3, -0.25) is 14.9 Å². The standard InChI is InChI=1S/C20H25N3O4S/c1-27-17-7-15(23(25)26)2-3-16(17)21-19(28)22-18(24)11-20-8-12-4-13(9-20)6-14(5-12)10-20/h2-3,7,12-14H,4-6,8-11H2,1H3,(H2,21,22,24,28). The molecule has 0 aliphatic heterocycles. The Hall–Kier alpha value is -2.22. The monoisotopic (exact) mass is 403 g/mol. The van der Waals surface area contributed by atoms with E-state index in [0.717, 1.165) is 17.8 Å². The summed E-state index contributed by atoms with van der Waals surface area (Å²) in [7, 11) is 1.43. The van der Waals surface area contributed by atoms with Crippen LogP contribution in [0.25, 0.3) is 0 Å².